The molecule has 12 aromatic rings. The first kappa shape index (κ1) is 41.8. The summed E-state index contributed by atoms with van der Waals surface area (Å²) in [5.41, 5.74) is 4.01. The van der Waals surface area contributed by atoms with Gasteiger partial charge in [0.2, 0.25) is 5.95 Å². The minimum absolute atomic E-state index is 0.565. The molecule has 0 spiro atoms. The molecule has 0 N–H and O–H groups in total. The lowest BCUT2D eigenvalue weighted by Gasteiger charge is -2.36. The first-order valence-electron chi connectivity index (χ1n) is 23.5. The third kappa shape index (κ3) is 7.00. The van der Waals surface area contributed by atoms with E-state index in [2.05, 4.69) is 284 Å². The van der Waals surface area contributed by atoms with Gasteiger partial charge in [-0.15, -0.1) is 0 Å². The maximum absolute atomic E-state index is 5.76. The normalized spacial score (nSPS) is 11.8. The number of fused-ring (bicyclic) bond motifs is 3. The quantitative estimate of drug-likeness (QED) is 0.0962. The van der Waals surface area contributed by atoms with E-state index in [-0.39, 0.29) is 0 Å². The molecule has 2 heterocycles. The molecule has 0 aliphatic rings. The number of benzene rings is 10. The van der Waals surface area contributed by atoms with Crippen LogP contribution in [0.1, 0.15) is 0 Å². The highest BCUT2D eigenvalue weighted by Gasteiger charge is 2.45. The van der Waals surface area contributed by atoms with Crippen LogP contribution in [-0.4, -0.2) is 35.7 Å². The lowest BCUT2D eigenvalue weighted by Crippen LogP contribution is -2.75. The fourth-order valence-corrected chi connectivity index (χ4v) is 20.8. The minimum Gasteiger partial charge on any atom is -0.278 e. The summed E-state index contributed by atoms with van der Waals surface area (Å²) in [6.07, 6.45) is 0. The molecular formula is C63H46N4Si2. The van der Waals surface area contributed by atoms with E-state index >= 15 is 0 Å². The molecule has 0 fully saturated rings. The highest BCUT2D eigenvalue weighted by molar-refractivity contribution is 7.21. The lowest BCUT2D eigenvalue weighted by molar-refractivity contribution is 0.954. The van der Waals surface area contributed by atoms with Gasteiger partial charge in [0.1, 0.15) is 0 Å². The molecule has 0 saturated heterocycles. The van der Waals surface area contributed by atoms with Crippen molar-refractivity contribution in [1.82, 2.24) is 19.5 Å². The van der Waals surface area contributed by atoms with Gasteiger partial charge in [-0.3, -0.25) is 4.57 Å². The number of nitrogens with zero attached hydrogens (tertiary/aromatic N) is 4. The topological polar surface area (TPSA) is 43.6 Å². The smallest absolute Gasteiger partial charge is 0.238 e. The summed E-state index contributed by atoms with van der Waals surface area (Å²) in [4.78, 5) is 17.1. The Morgan fingerprint density at radius 2 is 0.507 bits per heavy atom. The van der Waals surface area contributed by atoms with Crippen molar-refractivity contribution in [3.8, 4) is 28.7 Å². The summed E-state index contributed by atoms with van der Waals surface area (Å²) in [6.45, 7) is 0. The molecule has 0 aliphatic heterocycles. The van der Waals surface area contributed by atoms with Crippen LogP contribution < -0.4 is 41.5 Å². The molecule has 0 radical (unpaired) electrons. The van der Waals surface area contributed by atoms with Crippen molar-refractivity contribution in [3.05, 3.63) is 279 Å². The fourth-order valence-electron chi connectivity index (χ4n) is 10.9. The Balaban J connectivity index is 1.21. The standard InChI is InChI=1S/C63H46N4Si2/c1-7-27-47(28-8-1)68(48-29-9-2-10-30-48,49-31-11-3-12-32-49)59-45-25-21-41-55(59)61-64-62(66-63(65-61)67-57-43-23-19-39-53(57)54-40-20-24-44-58(54)67)56-42-22-26-46-60(56)69(50-33-13-4-14-34-50,51-35-15-5-16-36-51)52-37-17-6-18-38-52/h1-46H. The molecule has 4 nitrogen and oxygen atoms in total. The third-order valence-electron chi connectivity index (χ3n) is 13.8. The van der Waals surface area contributed by atoms with Crippen molar-refractivity contribution in [1.29, 1.82) is 0 Å². The van der Waals surface area contributed by atoms with Crippen molar-refractivity contribution in [2.24, 2.45) is 0 Å². The molecular weight excluding hydrogens is 869 g/mol. The molecule has 0 atom stereocenters. The molecule has 69 heavy (non-hydrogen) atoms. The highest BCUT2D eigenvalue weighted by Crippen LogP contribution is 2.32. The van der Waals surface area contributed by atoms with Crippen LogP contribution in [0, 0.1) is 0 Å². The van der Waals surface area contributed by atoms with E-state index in [1.54, 1.807) is 0 Å². The van der Waals surface area contributed by atoms with Gasteiger partial charge < -0.3 is 0 Å². The van der Waals surface area contributed by atoms with Gasteiger partial charge in [0.25, 0.3) is 0 Å². The zero-order chi connectivity index (χ0) is 46.0. The van der Waals surface area contributed by atoms with Crippen LogP contribution in [0.15, 0.2) is 279 Å². The molecule has 12 rings (SSSR count). The average molecular weight is 915 g/mol. The number of rotatable bonds is 11. The van der Waals surface area contributed by atoms with Crippen LogP contribution >= 0.6 is 0 Å². The van der Waals surface area contributed by atoms with E-state index in [4.69, 9.17) is 15.0 Å². The Hall–Kier alpha value is -8.56. The van der Waals surface area contributed by atoms with Crippen molar-refractivity contribution in [2.75, 3.05) is 0 Å². The van der Waals surface area contributed by atoms with E-state index in [9.17, 15) is 0 Å². The van der Waals surface area contributed by atoms with Crippen molar-refractivity contribution in [3.63, 3.8) is 0 Å². The Labute approximate surface area is 404 Å². The maximum atomic E-state index is 5.76. The second-order valence-electron chi connectivity index (χ2n) is 17.4. The predicted octanol–water partition coefficient (Wildman–Crippen LogP) is 9.06. The predicted molar refractivity (Wildman–Crippen MR) is 292 cm³/mol. The molecule has 0 amide bonds. The number of hydrogen-bond donors (Lipinski definition) is 0. The van der Waals surface area contributed by atoms with Gasteiger partial charge in [0.05, 0.1) is 11.0 Å². The highest BCUT2D eigenvalue weighted by atomic mass is 28.3. The van der Waals surface area contributed by atoms with Crippen LogP contribution in [0.2, 0.25) is 0 Å². The van der Waals surface area contributed by atoms with Gasteiger partial charge >= 0.3 is 0 Å². The second kappa shape index (κ2) is 17.9. The van der Waals surface area contributed by atoms with Gasteiger partial charge in [0.15, 0.2) is 27.8 Å². The van der Waals surface area contributed by atoms with E-state index in [1.807, 2.05) is 0 Å². The van der Waals surface area contributed by atoms with E-state index in [1.165, 1.54) is 41.5 Å². The molecule has 2 aromatic heterocycles. The SMILES string of the molecule is c1ccc([Si](c2ccccc2)(c2ccccc2)c2ccccc2-c2nc(-c3ccccc3[Si](c3ccccc3)(c3ccccc3)c3ccccc3)nc(-n3c4ccccc4c4ccccc43)n2)cc1. The Morgan fingerprint density at radius 1 is 0.246 bits per heavy atom. The molecule has 0 saturated carbocycles. The molecule has 6 heteroatoms. The van der Waals surface area contributed by atoms with E-state index in [0.717, 1.165) is 32.9 Å². The molecule has 0 bridgehead atoms. The first-order chi connectivity index (χ1) is 34.3. The first-order valence-corrected chi connectivity index (χ1v) is 27.5. The molecule has 10 aromatic carbocycles. The van der Waals surface area contributed by atoms with Gasteiger partial charge in [-0.2, -0.15) is 9.97 Å². The Kier molecular flexibility index (Phi) is 10.9. The number of hydrogen-bond acceptors (Lipinski definition) is 3. The van der Waals surface area contributed by atoms with Gasteiger partial charge in [0, 0.05) is 21.9 Å². The van der Waals surface area contributed by atoms with Crippen molar-refractivity contribution in [2.45, 2.75) is 0 Å². The summed E-state index contributed by atoms with van der Waals surface area (Å²) in [7, 11) is -6.14. The van der Waals surface area contributed by atoms with E-state index < -0.39 is 16.1 Å². The second-order valence-corrected chi connectivity index (χ2v) is 25.0. The van der Waals surface area contributed by atoms with Crippen molar-refractivity contribution >= 4 is 79.4 Å². The molecule has 326 valence electrons. The lowest BCUT2D eigenvalue weighted by atomic mass is 10.2. The summed E-state index contributed by atoms with van der Waals surface area (Å²) in [5, 5.41) is 12.4. The van der Waals surface area contributed by atoms with Crippen LogP contribution in [0.4, 0.5) is 0 Å². The van der Waals surface area contributed by atoms with Gasteiger partial charge in [-0.25, -0.2) is 4.98 Å². The zero-order valence-corrected chi connectivity index (χ0v) is 39.8. The minimum atomic E-state index is -3.07. The maximum Gasteiger partial charge on any atom is 0.238 e. The molecule has 0 aliphatic carbocycles. The average Bonchev–Trinajstić information content (AvgIpc) is 3.78. The number of para-hydroxylation sites is 2. The summed E-state index contributed by atoms with van der Waals surface area (Å²) in [5.74, 6) is 1.80. The van der Waals surface area contributed by atoms with Gasteiger partial charge in [-0.1, -0.05) is 267 Å². The van der Waals surface area contributed by atoms with Crippen LogP contribution in [0.3, 0.4) is 0 Å². The summed E-state index contributed by atoms with van der Waals surface area (Å²) in [6, 6.07) is 101. The van der Waals surface area contributed by atoms with Crippen LogP contribution in [0.5, 0.6) is 0 Å². The Morgan fingerprint density at radius 3 is 0.826 bits per heavy atom. The summed E-state index contributed by atoms with van der Waals surface area (Å²) < 4.78 is 2.23. The van der Waals surface area contributed by atoms with Crippen LogP contribution in [0.25, 0.3) is 50.5 Å². The number of aromatic nitrogens is 4. The molecule has 0 unspecified atom stereocenters. The van der Waals surface area contributed by atoms with E-state index in [0.29, 0.717) is 17.6 Å². The Bertz CT molecular complexity index is 3280. The van der Waals surface area contributed by atoms with Gasteiger partial charge in [-0.05, 0) is 53.6 Å². The summed E-state index contributed by atoms with van der Waals surface area (Å²) >= 11 is 0. The largest absolute Gasteiger partial charge is 0.278 e. The van der Waals surface area contributed by atoms with Crippen LogP contribution in [-0.2, 0) is 0 Å². The third-order valence-corrected chi connectivity index (χ3v) is 23.5. The van der Waals surface area contributed by atoms with Crippen molar-refractivity contribution < 1.29 is 0 Å². The fraction of sp³-hybridized carbons (Fsp3) is 0. The zero-order valence-electron chi connectivity index (χ0n) is 37.8. The monoisotopic (exact) mass is 914 g/mol.